The van der Waals surface area contributed by atoms with E-state index in [2.05, 4.69) is 26.5 Å². The van der Waals surface area contributed by atoms with Gasteiger partial charge in [-0.3, -0.25) is 0 Å². The van der Waals surface area contributed by atoms with Gasteiger partial charge >= 0.3 is 0 Å². The van der Waals surface area contributed by atoms with Gasteiger partial charge in [-0.15, -0.1) is 0 Å². The molecule has 1 saturated heterocycles. The van der Waals surface area contributed by atoms with Gasteiger partial charge in [0.25, 0.3) is 0 Å². The molecule has 0 amide bonds. The van der Waals surface area contributed by atoms with Crippen molar-refractivity contribution in [1.82, 2.24) is 19.7 Å². The lowest BCUT2D eigenvalue weighted by atomic mass is 10.1. The summed E-state index contributed by atoms with van der Waals surface area (Å²) in [7, 11) is 0. The topological polar surface area (TPSA) is 115 Å². The number of nitrogens with zero attached hydrogens (tertiary/aromatic N) is 5. The van der Waals surface area contributed by atoms with Gasteiger partial charge in [0.2, 0.25) is 0 Å². The van der Waals surface area contributed by atoms with Gasteiger partial charge in [0.1, 0.15) is 6.07 Å². The quantitative estimate of drug-likeness (QED) is 0.744. The van der Waals surface area contributed by atoms with Gasteiger partial charge in [-0.25, -0.2) is 9.97 Å². The molecule has 0 unspecified atom stereocenters. The van der Waals surface area contributed by atoms with Gasteiger partial charge in [-0.05, 0) is 6.07 Å². The van der Waals surface area contributed by atoms with Crippen molar-refractivity contribution in [3.63, 3.8) is 0 Å². The van der Waals surface area contributed by atoms with E-state index in [0.717, 1.165) is 30.8 Å². The van der Waals surface area contributed by atoms with E-state index in [1.54, 1.807) is 23.1 Å². The molecule has 1 fully saturated rings. The van der Waals surface area contributed by atoms with E-state index in [9.17, 15) is 0 Å². The maximum Gasteiger partial charge on any atom is 0.164 e. The lowest BCUT2D eigenvalue weighted by Gasteiger charge is -2.26. The molecule has 8 heteroatoms. The van der Waals surface area contributed by atoms with Gasteiger partial charge in [-0.2, -0.15) is 15.0 Å². The minimum Gasteiger partial charge on any atom is -0.396 e. The van der Waals surface area contributed by atoms with Gasteiger partial charge in [-0.1, -0.05) is 0 Å². The van der Waals surface area contributed by atoms with Crippen LogP contribution in [-0.4, -0.2) is 39.5 Å². The van der Waals surface area contributed by atoms with Crippen LogP contribution in [0.4, 0.5) is 11.4 Å². The Balaban J connectivity index is 1.67. The average molecular weight is 321 g/mol. The van der Waals surface area contributed by atoms with Crippen molar-refractivity contribution in [2.45, 2.75) is 0 Å². The molecule has 3 N–H and O–H groups in total. The normalized spacial score (nSPS) is 14.3. The van der Waals surface area contributed by atoms with Crippen LogP contribution in [0.1, 0.15) is 5.56 Å². The molecule has 0 spiro atoms. The molecule has 0 saturated carbocycles. The molecule has 8 nitrogen and oxygen atoms in total. The number of hydrogen-bond donors (Lipinski definition) is 2. The highest BCUT2D eigenvalue weighted by Gasteiger charge is 2.18. The number of nitrogens with one attached hydrogen (secondary N) is 1. The molecular weight excluding hydrogens is 306 g/mol. The number of pyridine rings is 2. The highest BCUT2D eigenvalue weighted by molar-refractivity contribution is 5.78. The summed E-state index contributed by atoms with van der Waals surface area (Å²) in [6, 6.07) is 5.67. The molecule has 0 aliphatic carbocycles. The summed E-state index contributed by atoms with van der Waals surface area (Å²) >= 11 is 0. The van der Waals surface area contributed by atoms with Crippen LogP contribution < -0.4 is 11.1 Å². The van der Waals surface area contributed by atoms with Crippen molar-refractivity contribution >= 4 is 22.4 Å². The molecule has 0 atom stereocenters. The first-order chi connectivity index (χ1) is 11.7. The Labute approximate surface area is 137 Å². The third kappa shape index (κ3) is 2.51. The summed E-state index contributed by atoms with van der Waals surface area (Å²) in [6.45, 7) is 2.36. The molecule has 0 radical (unpaired) electrons. The highest BCUT2D eigenvalue weighted by Crippen LogP contribution is 2.23. The molecule has 3 aromatic heterocycles. The van der Waals surface area contributed by atoms with Crippen molar-refractivity contribution in [2.24, 2.45) is 5.92 Å². The third-order valence-corrected chi connectivity index (χ3v) is 3.96. The van der Waals surface area contributed by atoms with E-state index in [-0.39, 0.29) is 0 Å². The Morgan fingerprint density at radius 2 is 2.17 bits per heavy atom. The fourth-order valence-corrected chi connectivity index (χ4v) is 2.53. The lowest BCUT2D eigenvalue weighted by Crippen LogP contribution is -2.33. The lowest BCUT2D eigenvalue weighted by molar-refractivity contribution is -0.0248. The number of fused-ring (bicyclic) bond motifs is 1. The average Bonchev–Trinajstić information content (AvgIpc) is 2.98. The van der Waals surface area contributed by atoms with Crippen molar-refractivity contribution in [3.05, 3.63) is 36.3 Å². The number of aromatic nitrogens is 4. The van der Waals surface area contributed by atoms with Crippen LogP contribution in [0.3, 0.4) is 0 Å². The molecule has 0 aromatic carbocycles. The van der Waals surface area contributed by atoms with Gasteiger partial charge in [0, 0.05) is 30.1 Å². The summed E-state index contributed by atoms with van der Waals surface area (Å²) < 4.78 is 6.81. The molecule has 3 aromatic rings. The fraction of sp³-hybridized carbons (Fsp3) is 0.250. The van der Waals surface area contributed by atoms with E-state index in [0.29, 0.717) is 28.6 Å². The predicted molar refractivity (Wildman–Crippen MR) is 88.6 cm³/mol. The van der Waals surface area contributed by atoms with E-state index in [1.165, 1.54) is 6.20 Å². The van der Waals surface area contributed by atoms with E-state index in [1.807, 2.05) is 6.07 Å². The maximum absolute atomic E-state index is 8.96. The molecule has 4 rings (SSSR count). The van der Waals surface area contributed by atoms with Gasteiger partial charge in [0.15, 0.2) is 11.5 Å². The van der Waals surface area contributed by atoms with E-state index in [4.69, 9.17) is 15.7 Å². The Morgan fingerprint density at radius 3 is 2.92 bits per heavy atom. The minimum absolute atomic E-state index is 0.498. The number of nitrogen functional groups attached to an aromatic ring is 1. The summed E-state index contributed by atoms with van der Waals surface area (Å²) in [4.78, 5) is 8.65. The summed E-state index contributed by atoms with van der Waals surface area (Å²) in [6.07, 6.45) is 4.79. The molecular formula is C16H15N7O. The zero-order valence-corrected chi connectivity index (χ0v) is 12.8. The largest absolute Gasteiger partial charge is 0.396 e. The number of nitrogens with two attached hydrogens (primary N) is 1. The van der Waals surface area contributed by atoms with Crippen LogP contribution >= 0.6 is 0 Å². The van der Waals surface area contributed by atoms with Crippen molar-refractivity contribution in [2.75, 3.05) is 30.8 Å². The Hall–Kier alpha value is -3.18. The zero-order chi connectivity index (χ0) is 16.5. The third-order valence-electron chi connectivity index (χ3n) is 3.96. The Kier molecular flexibility index (Phi) is 3.48. The van der Waals surface area contributed by atoms with E-state index < -0.39 is 0 Å². The van der Waals surface area contributed by atoms with Crippen LogP contribution in [0, 0.1) is 17.2 Å². The fourth-order valence-electron chi connectivity index (χ4n) is 2.53. The van der Waals surface area contributed by atoms with Crippen LogP contribution in [0.5, 0.6) is 0 Å². The second kappa shape index (κ2) is 5.79. The SMILES string of the molecule is N#Cc1cnc2c(cnn2-c2cc(NCC3COC3)c(N)cn2)c1. The molecule has 24 heavy (non-hydrogen) atoms. The van der Waals surface area contributed by atoms with Gasteiger partial charge < -0.3 is 15.8 Å². The number of ether oxygens (including phenoxy) is 1. The van der Waals surface area contributed by atoms with Gasteiger partial charge in [0.05, 0.1) is 42.5 Å². The molecule has 4 heterocycles. The summed E-state index contributed by atoms with van der Waals surface area (Å²) in [5.41, 5.74) is 8.53. The Bertz CT molecular complexity index is 939. The second-order valence-corrected chi connectivity index (χ2v) is 5.72. The number of anilines is 2. The minimum atomic E-state index is 0.498. The van der Waals surface area contributed by atoms with Crippen LogP contribution in [0.15, 0.2) is 30.7 Å². The standard InChI is InChI=1S/C16H15N7O/c17-3-10-1-12-6-22-23(16(12)21-4-10)15-2-14(13(18)7-20-15)19-5-11-8-24-9-11/h1-2,4,6-7,11H,5,8-9,18H2,(H,19,20). The van der Waals surface area contributed by atoms with Crippen LogP contribution in [0.2, 0.25) is 0 Å². The predicted octanol–water partition coefficient (Wildman–Crippen LogP) is 1.33. The van der Waals surface area contributed by atoms with Crippen molar-refractivity contribution in [3.8, 4) is 11.9 Å². The van der Waals surface area contributed by atoms with Crippen LogP contribution in [-0.2, 0) is 4.74 Å². The first-order valence-corrected chi connectivity index (χ1v) is 7.56. The number of hydrogen-bond acceptors (Lipinski definition) is 7. The first kappa shape index (κ1) is 14.4. The number of nitriles is 1. The second-order valence-electron chi connectivity index (χ2n) is 5.72. The van der Waals surface area contributed by atoms with Crippen molar-refractivity contribution in [1.29, 1.82) is 5.26 Å². The number of rotatable bonds is 4. The van der Waals surface area contributed by atoms with Crippen LogP contribution in [0.25, 0.3) is 16.9 Å². The Morgan fingerprint density at radius 1 is 1.29 bits per heavy atom. The molecule has 120 valence electrons. The summed E-state index contributed by atoms with van der Waals surface area (Å²) in [5, 5.41) is 17.4. The monoisotopic (exact) mass is 321 g/mol. The highest BCUT2D eigenvalue weighted by atomic mass is 16.5. The van der Waals surface area contributed by atoms with Crippen molar-refractivity contribution < 1.29 is 4.74 Å². The zero-order valence-electron chi connectivity index (χ0n) is 12.8. The summed E-state index contributed by atoms with van der Waals surface area (Å²) in [5.74, 6) is 1.13. The smallest absolute Gasteiger partial charge is 0.164 e. The van der Waals surface area contributed by atoms with E-state index >= 15 is 0 Å². The first-order valence-electron chi connectivity index (χ1n) is 7.56. The molecule has 1 aliphatic rings. The molecule has 0 bridgehead atoms. The maximum atomic E-state index is 8.96. The molecule has 1 aliphatic heterocycles.